The van der Waals surface area contributed by atoms with Crippen LogP contribution in [-0.2, 0) is 11.3 Å². The Morgan fingerprint density at radius 3 is 2.68 bits per heavy atom. The van der Waals surface area contributed by atoms with Crippen LogP contribution in [0, 0.1) is 5.92 Å². The van der Waals surface area contributed by atoms with E-state index in [2.05, 4.69) is 29.4 Å². The van der Waals surface area contributed by atoms with Crippen molar-refractivity contribution in [2.75, 3.05) is 38.0 Å². The maximum absolute atomic E-state index is 5.95. The van der Waals surface area contributed by atoms with Crippen LogP contribution in [0.15, 0.2) is 23.1 Å². The van der Waals surface area contributed by atoms with E-state index in [9.17, 15) is 0 Å². The lowest BCUT2D eigenvalue weighted by Gasteiger charge is -2.34. The molecule has 2 rings (SSSR count). The molecule has 0 radical (unpaired) electrons. The van der Waals surface area contributed by atoms with Crippen molar-refractivity contribution in [3.8, 4) is 0 Å². The van der Waals surface area contributed by atoms with Crippen LogP contribution in [0.1, 0.15) is 18.4 Å². The highest BCUT2D eigenvalue weighted by atomic mass is 32.2. The third-order valence-corrected chi connectivity index (χ3v) is 4.71. The van der Waals surface area contributed by atoms with Gasteiger partial charge in [0.25, 0.3) is 0 Å². The lowest BCUT2D eigenvalue weighted by molar-refractivity contribution is 0.139. The molecular formula is C15H24N2OS. The van der Waals surface area contributed by atoms with Crippen LogP contribution in [0.25, 0.3) is 0 Å². The fraction of sp³-hybridized carbons (Fsp3) is 0.600. The average Bonchev–Trinajstić information content (AvgIpc) is 2.47. The van der Waals surface area contributed by atoms with Gasteiger partial charge in [-0.1, -0.05) is 6.07 Å². The van der Waals surface area contributed by atoms with E-state index in [1.165, 1.54) is 29.0 Å². The zero-order valence-corrected chi connectivity index (χ0v) is 12.7. The van der Waals surface area contributed by atoms with Crippen molar-refractivity contribution in [1.29, 1.82) is 0 Å². The van der Waals surface area contributed by atoms with Gasteiger partial charge in [0.05, 0.1) is 0 Å². The lowest BCUT2D eigenvalue weighted by Crippen LogP contribution is -2.35. The van der Waals surface area contributed by atoms with Crippen LogP contribution < -0.4 is 10.6 Å². The quantitative estimate of drug-likeness (QED) is 0.842. The Kier molecular flexibility index (Phi) is 5.55. The van der Waals surface area contributed by atoms with Crippen LogP contribution in [-0.4, -0.2) is 33.1 Å². The van der Waals surface area contributed by atoms with E-state index < -0.39 is 0 Å². The van der Waals surface area contributed by atoms with Gasteiger partial charge in [-0.15, -0.1) is 11.8 Å². The second-order valence-corrected chi connectivity index (χ2v) is 5.90. The summed E-state index contributed by atoms with van der Waals surface area (Å²) in [5, 5.41) is 0. The molecular weight excluding hydrogens is 256 g/mol. The molecule has 0 bridgehead atoms. The van der Waals surface area contributed by atoms with Crippen molar-refractivity contribution in [3.05, 3.63) is 23.8 Å². The molecule has 1 aromatic carbocycles. The summed E-state index contributed by atoms with van der Waals surface area (Å²) in [6.07, 6.45) is 4.53. The summed E-state index contributed by atoms with van der Waals surface area (Å²) in [6, 6.07) is 6.51. The summed E-state index contributed by atoms with van der Waals surface area (Å²) in [6.45, 7) is 3.73. The summed E-state index contributed by atoms with van der Waals surface area (Å²) in [7, 11) is 1.79. The molecule has 0 unspecified atom stereocenters. The second kappa shape index (κ2) is 7.17. The van der Waals surface area contributed by atoms with E-state index in [-0.39, 0.29) is 0 Å². The highest BCUT2D eigenvalue weighted by molar-refractivity contribution is 7.98. The van der Waals surface area contributed by atoms with Gasteiger partial charge in [-0.05, 0) is 37.1 Å². The van der Waals surface area contributed by atoms with Crippen molar-refractivity contribution < 1.29 is 4.74 Å². The number of hydrogen-bond acceptors (Lipinski definition) is 4. The fourth-order valence-electron chi connectivity index (χ4n) is 2.82. The van der Waals surface area contributed by atoms with Gasteiger partial charge in [-0.3, -0.25) is 0 Å². The molecule has 0 spiro atoms. The third-order valence-electron chi connectivity index (χ3n) is 3.89. The molecule has 1 heterocycles. The third kappa shape index (κ3) is 3.44. The highest BCUT2D eigenvalue weighted by Crippen LogP contribution is 2.31. The molecule has 2 N–H and O–H groups in total. The molecule has 1 aromatic rings. The SMILES string of the molecule is COCC1CCN(c2cccc(SC)c2CN)CC1. The molecule has 0 atom stereocenters. The standard InChI is InChI=1S/C15H24N2OS/c1-18-11-12-6-8-17(9-7-12)14-4-3-5-15(19-2)13(14)10-16/h3-5,12H,6-11,16H2,1-2H3. The van der Waals surface area contributed by atoms with E-state index in [0.717, 1.165) is 19.7 Å². The minimum atomic E-state index is 0.615. The zero-order valence-electron chi connectivity index (χ0n) is 11.9. The van der Waals surface area contributed by atoms with Gasteiger partial charge in [0.1, 0.15) is 0 Å². The molecule has 0 aromatic heterocycles. The van der Waals surface area contributed by atoms with Gasteiger partial charge in [-0.2, -0.15) is 0 Å². The zero-order chi connectivity index (χ0) is 13.7. The van der Waals surface area contributed by atoms with Crippen molar-refractivity contribution in [3.63, 3.8) is 0 Å². The van der Waals surface area contributed by atoms with Gasteiger partial charge < -0.3 is 15.4 Å². The van der Waals surface area contributed by atoms with Crippen molar-refractivity contribution in [1.82, 2.24) is 0 Å². The van der Waals surface area contributed by atoms with E-state index >= 15 is 0 Å². The van der Waals surface area contributed by atoms with Crippen LogP contribution in [0.5, 0.6) is 0 Å². The largest absolute Gasteiger partial charge is 0.384 e. The highest BCUT2D eigenvalue weighted by Gasteiger charge is 2.21. The van der Waals surface area contributed by atoms with Crippen LogP contribution in [0.3, 0.4) is 0 Å². The number of nitrogens with two attached hydrogens (primary N) is 1. The lowest BCUT2D eigenvalue weighted by atomic mass is 9.96. The van der Waals surface area contributed by atoms with Crippen molar-refractivity contribution in [2.45, 2.75) is 24.3 Å². The molecule has 3 nitrogen and oxygen atoms in total. The monoisotopic (exact) mass is 280 g/mol. The van der Waals surface area contributed by atoms with Crippen LogP contribution in [0.2, 0.25) is 0 Å². The number of ether oxygens (including phenoxy) is 1. The van der Waals surface area contributed by atoms with Gasteiger partial charge in [0.2, 0.25) is 0 Å². The first kappa shape index (κ1) is 14.7. The number of benzene rings is 1. The number of methoxy groups -OCH3 is 1. The van der Waals surface area contributed by atoms with Crippen LogP contribution in [0.4, 0.5) is 5.69 Å². The summed E-state index contributed by atoms with van der Waals surface area (Å²) in [4.78, 5) is 3.78. The first-order chi connectivity index (χ1) is 9.30. The number of hydrogen-bond donors (Lipinski definition) is 1. The Labute approximate surface area is 120 Å². The fourth-order valence-corrected chi connectivity index (χ4v) is 3.47. The first-order valence-electron chi connectivity index (χ1n) is 6.90. The maximum Gasteiger partial charge on any atom is 0.0491 e. The normalized spacial score (nSPS) is 16.9. The van der Waals surface area contributed by atoms with Gasteiger partial charge in [-0.25, -0.2) is 0 Å². The Morgan fingerprint density at radius 2 is 2.11 bits per heavy atom. The van der Waals surface area contributed by atoms with Crippen molar-refractivity contribution >= 4 is 17.4 Å². The minimum absolute atomic E-state index is 0.615. The Hall–Kier alpha value is -0.710. The Morgan fingerprint density at radius 1 is 1.37 bits per heavy atom. The van der Waals surface area contributed by atoms with E-state index in [1.54, 1.807) is 18.9 Å². The smallest absolute Gasteiger partial charge is 0.0491 e. The van der Waals surface area contributed by atoms with Gasteiger partial charge in [0.15, 0.2) is 0 Å². The number of nitrogens with zero attached hydrogens (tertiary/aromatic N) is 1. The molecule has 1 fully saturated rings. The maximum atomic E-state index is 5.95. The van der Waals surface area contributed by atoms with Crippen LogP contribution >= 0.6 is 11.8 Å². The summed E-state index contributed by atoms with van der Waals surface area (Å²) >= 11 is 1.78. The molecule has 106 valence electrons. The molecule has 1 aliphatic heterocycles. The topological polar surface area (TPSA) is 38.5 Å². The molecule has 1 saturated heterocycles. The summed E-state index contributed by atoms with van der Waals surface area (Å²) in [5.41, 5.74) is 8.56. The Balaban J connectivity index is 2.11. The Bertz CT molecular complexity index is 403. The molecule has 0 saturated carbocycles. The molecule has 4 heteroatoms. The number of thioether (sulfide) groups is 1. The van der Waals surface area contributed by atoms with E-state index in [1.807, 2.05) is 0 Å². The summed E-state index contributed by atoms with van der Waals surface area (Å²) < 4.78 is 5.26. The number of rotatable bonds is 5. The predicted molar refractivity (Wildman–Crippen MR) is 82.9 cm³/mol. The molecule has 1 aliphatic rings. The second-order valence-electron chi connectivity index (χ2n) is 5.05. The molecule has 0 amide bonds. The van der Waals surface area contributed by atoms with E-state index in [0.29, 0.717) is 12.5 Å². The predicted octanol–water partition coefficient (Wildman–Crippen LogP) is 2.73. The average molecular weight is 280 g/mol. The molecule has 0 aliphatic carbocycles. The minimum Gasteiger partial charge on any atom is -0.384 e. The van der Waals surface area contributed by atoms with Crippen molar-refractivity contribution in [2.24, 2.45) is 11.7 Å². The van der Waals surface area contributed by atoms with Gasteiger partial charge in [0, 0.05) is 49.5 Å². The van der Waals surface area contributed by atoms with Gasteiger partial charge >= 0.3 is 0 Å². The summed E-state index contributed by atoms with van der Waals surface area (Å²) in [5.74, 6) is 0.714. The molecule has 19 heavy (non-hydrogen) atoms. The number of anilines is 1. The number of piperidine rings is 1. The van der Waals surface area contributed by atoms with E-state index in [4.69, 9.17) is 10.5 Å². The first-order valence-corrected chi connectivity index (χ1v) is 8.12.